The molecule has 0 saturated carbocycles. The molecule has 0 bridgehead atoms. The quantitative estimate of drug-likeness (QED) is 0.829. The molecule has 1 N–H and O–H groups in total. The number of amides is 1. The molecule has 1 saturated heterocycles. The minimum absolute atomic E-state index is 0.0120. The first-order valence-electron chi connectivity index (χ1n) is 5.82. The molecular formula is C13H18N2O2. The van der Waals surface area contributed by atoms with Crippen LogP contribution in [0.1, 0.15) is 16.8 Å². The SMILES string of the molecule is CN(C)C(=O)c1ccc(N2CCC(O)C2)cc1. The highest BCUT2D eigenvalue weighted by Crippen LogP contribution is 2.21. The van der Waals surface area contributed by atoms with Crippen molar-refractivity contribution in [2.24, 2.45) is 0 Å². The molecule has 0 aliphatic carbocycles. The molecule has 1 aliphatic rings. The van der Waals surface area contributed by atoms with Gasteiger partial charge in [-0.25, -0.2) is 0 Å². The van der Waals surface area contributed by atoms with E-state index >= 15 is 0 Å². The summed E-state index contributed by atoms with van der Waals surface area (Å²) in [5, 5.41) is 9.47. The lowest BCUT2D eigenvalue weighted by atomic mass is 10.2. The third-order valence-electron chi connectivity index (χ3n) is 3.05. The third kappa shape index (κ3) is 2.58. The second kappa shape index (κ2) is 4.75. The summed E-state index contributed by atoms with van der Waals surface area (Å²) in [6, 6.07) is 7.55. The van der Waals surface area contributed by atoms with Gasteiger partial charge in [0.15, 0.2) is 0 Å². The van der Waals surface area contributed by atoms with Gasteiger partial charge in [0.05, 0.1) is 6.10 Å². The summed E-state index contributed by atoms with van der Waals surface area (Å²) in [5.41, 5.74) is 1.76. The smallest absolute Gasteiger partial charge is 0.253 e. The van der Waals surface area contributed by atoms with E-state index in [1.54, 1.807) is 19.0 Å². The predicted octanol–water partition coefficient (Wildman–Crippen LogP) is 0.959. The Kier molecular flexibility index (Phi) is 3.33. The molecule has 0 aromatic heterocycles. The molecular weight excluding hydrogens is 216 g/mol. The highest BCUT2D eigenvalue weighted by molar-refractivity contribution is 5.94. The zero-order valence-electron chi connectivity index (χ0n) is 10.3. The second-order valence-electron chi connectivity index (χ2n) is 4.63. The average Bonchev–Trinajstić information content (AvgIpc) is 2.75. The molecule has 4 heteroatoms. The van der Waals surface area contributed by atoms with Gasteiger partial charge >= 0.3 is 0 Å². The average molecular weight is 234 g/mol. The number of nitrogens with zero attached hydrogens (tertiary/aromatic N) is 2. The number of hydrogen-bond donors (Lipinski definition) is 1. The van der Waals surface area contributed by atoms with Crippen molar-refractivity contribution in [2.75, 3.05) is 32.1 Å². The van der Waals surface area contributed by atoms with Crippen LogP contribution in [-0.4, -0.2) is 49.2 Å². The maximum Gasteiger partial charge on any atom is 0.253 e. The molecule has 1 fully saturated rings. The van der Waals surface area contributed by atoms with Gasteiger partial charge in [-0.05, 0) is 30.7 Å². The summed E-state index contributed by atoms with van der Waals surface area (Å²) < 4.78 is 0. The van der Waals surface area contributed by atoms with Crippen molar-refractivity contribution in [3.8, 4) is 0 Å². The summed E-state index contributed by atoms with van der Waals surface area (Å²) in [7, 11) is 3.49. The molecule has 1 unspecified atom stereocenters. The van der Waals surface area contributed by atoms with Gasteiger partial charge in [0.1, 0.15) is 0 Å². The van der Waals surface area contributed by atoms with Gasteiger partial charge in [0.2, 0.25) is 0 Å². The molecule has 1 aromatic rings. The van der Waals surface area contributed by atoms with Gasteiger partial charge in [-0.3, -0.25) is 4.79 Å². The Morgan fingerprint density at radius 1 is 1.35 bits per heavy atom. The number of benzene rings is 1. The minimum atomic E-state index is -0.224. The zero-order chi connectivity index (χ0) is 12.4. The van der Waals surface area contributed by atoms with Gasteiger partial charge in [-0.15, -0.1) is 0 Å². The van der Waals surface area contributed by atoms with Crippen molar-refractivity contribution in [1.82, 2.24) is 4.90 Å². The van der Waals surface area contributed by atoms with Gasteiger partial charge in [0, 0.05) is 38.4 Å². The number of rotatable bonds is 2. The van der Waals surface area contributed by atoms with E-state index in [1.807, 2.05) is 24.3 Å². The maximum atomic E-state index is 11.7. The van der Waals surface area contributed by atoms with Crippen LogP contribution < -0.4 is 4.90 Å². The second-order valence-corrected chi connectivity index (χ2v) is 4.63. The molecule has 1 amide bonds. The van der Waals surface area contributed by atoms with Crippen LogP contribution in [0.2, 0.25) is 0 Å². The van der Waals surface area contributed by atoms with Crippen LogP contribution in [-0.2, 0) is 0 Å². The molecule has 4 nitrogen and oxygen atoms in total. The number of aliphatic hydroxyl groups excluding tert-OH is 1. The Balaban J connectivity index is 2.10. The van der Waals surface area contributed by atoms with Gasteiger partial charge in [-0.2, -0.15) is 0 Å². The Hall–Kier alpha value is -1.55. The van der Waals surface area contributed by atoms with E-state index in [2.05, 4.69) is 4.90 Å². The molecule has 1 heterocycles. The highest BCUT2D eigenvalue weighted by Gasteiger charge is 2.20. The summed E-state index contributed by atoms with van der Waals surface area (Å²) >= 11 is 0. The van der Waals surface area contributed by atoms with Crippen molar-refractivity contribution >= 4 is 11.6 Å². The van der Waals surface area contributed by atoms with Crippen LogP contribution in [0.5, 0.6) is 0 Å². The van der Waals surface area contributed by atoms with E-state index in [0.29, 0.717) is 12.1 Å². The van der Waals surface area contributed by atoms with E-state index in [0.717, 1.165) is 18.7 Å². The molecule has 17 heavy (non-hydrogen) atoms. The number of carbonyl (C=O) groups is 1. The number of aliphatic hydroxyl groups is 1. The number of β-amino-alcohol motifs (C(OH)–C–C–N with tert-alkyl or cyclic N) is 1. The highest BCUT2D eigenvalue weighted by atomic mass is 16.3. The van der Waals surface area contributed by atoms with Crippen LogP contribution in [0, 0.1) is 0 Å². The Morgan fingerprint density at radius 3 is 2.47 bits per heavy atom. The van der Waals surface area contributed by atoms with Crippen LogP contribution in [0.3, 0.4) is 0 Å². The normalized spacial score (nSPS) is 19.5. The number of hydrogen-bond acceptors (Lipinski definition) is 3. The first-order valence-corrected chi connectivity index (χ1v) is 5.82. The van der Waals surface area contributed by atoms with Crippen molar-refractivity contribution in [1.29, 1.82) is 0 Å². The van der Waals surface area contributed by atoms with E-state index in [9.17, 15) is 9.90 Å². The number of carbonyl (C=O) groups excluding carboxylic acids is 1. The van der Waals surface area contributed by atoms with Crippen molar-refractivity contribution in [3.63, 3.8) is 0 Å². The molecule has 1 aromatic carbocycles. The number of anilines is 1. The van der Waals surface area contributed by atoms with Crippen LogP contribution >= 0.6 is 0 Å². The van der Waals surface area contributed by atoms with Gasteiger partial charge < -0.3 is 14.9 Å². The molecule has 2 rings (SSSR count). The topological polar surface area (TPSA) is 43.8 Å². The third-order valence-corrected chi connectivity index (χ3v) is 3.05. The first kappa shape index (κ1) is 11.9. The Labute approximate surface area is 101 Å². The van der Waals surface area contributed by atoms with E-state index in [1.165, 1.54) is 0 Å². The molecule has 92 valence electrons. The fraction of sp³-hybridized carbons (Fsp3) is 0.462. The lowest BCUT2D eigenvalue weighted by Crippen LogP contribution is -2.23. The predicted molar refractivity (Wildman–Crippen MR) is 67.3 cm³/mol. The van der Waals surface area contributed by atoms with Crippen LogP contribution in [0.4, 0.5) is 5.69 Å². The van der Waals surface area contributed by atoms with Crippen molar-refractivity contribution in [2.45, 2.75) is 12.5 Å². The van der Waals surface area contributed by atoms with E-state index in [-0.39, 0.29) is 12.0 Å². The van der Waals surface area contributed by atoms with E-state index < -0.39 is 0 Å². The summed E-state index contributed by atoms with van der Waals surface area (Å²) in [5.74, 6) is 0.0120. The van der Waals surface area contributed by atoms with Crippen molar-refractivity contribution in [3.05, 3.63) is 29.8 Å². The summed E-state index contributed by atoms with van der Waals surface area (Å²) in [6.45, 7) is 1.56. The monoisotopic (exact) mass is 234 g/mol. The molecule has 1 aliphatic heterocycles. The first-order chi connectivity index (χ1) is 8.08. The van der Waals surface area contributed by atoms with Crippen molar-refractivity contribution < 1.29 is 9.90 Å². The van der Waals surface area contributed by atoms with Gasteiger partial charge in [-0.1, -0.05) is 0 Å². The fourth-order valence-corrected chi connectivity index (χ4v) is 2.05. The summed E-state index contributed by atoms with van der Waals surface area (Å²) in [6.07, 6.45) is 0.594. The maximum absolute atomic E-state index is 11.7. The van der Waals surface area contributed by atoms with E-state index in [4.69, 9.17) is 0 Å². The Bertz CT molecular complexity index is 400. The lowest BCUT2D eigenvalue weighted by molar-refractivity contribution is 0.0827. The summed E-state index contributed by atoms with van der Waals surface area (Å²) in [4.78, 5) is 15.4. The Morgan fingerprint density at radius 2 is 2.00 bits per heavy atom. The molecule has 0 radical (unpaired) electrons. The lowest BCUT2D eigenvalue weighted by Gasteiger charge is -2.18. The zero-order valence-corrected chi connectivity index (χ0v) is 10.3. The standard InChI is InChI=1S/C13H18N2O2/c1-14(2)13(17)10-3-5-11(6-4-10)15-8-7-12(16)9-15/h3-6,12,16H,7-9H2,1-2H3. The van der Waals surface area contributed by atoms with Crippen LogP contribution in [0.15, 0.2) is 24.3 Å². The largest absolute Gasteiger partial charge is 0.391 e. The molecule has 1 atom stereocenters. The van der Waals surface area contributed by atoms with Crippen LogP contribution in [0.25, 0.3) is 0 Å². The minimum Gasteiger partial charge on any atom is -0.391 e. The van der Waals surface area contributed by atoms with Gasteiger partial charge in [0.25, 0.3) is 5.91 Å². The fourth-order valence-electron chi connectivity index (χ4n) is 2.05. The molecule has 0 spiro atoms.